The van der Waals surface area contributed by atoms with Crippen molar-refractivity contribution in [2.24, 2.45) is 11.0 Å². The average molecular weight is 406 g/mol. The van der Waals surface area contributed by atoms with Gasteiger partial charge < -0.3 is 4.74 Å². The van der Waals surface area contributed by atoms with Gasteiger partial charge in [-0.1, -0.05) is 55.7 Å². The molecule has 3 aromatic rings. The van der Waals surface area contributed by atoms with E-state index in [0.29, 0.717) is 12.2 Å². The predicted molar refractivity (Wildman–Crippen MR) is 109 cm³/mol. The van der Waals surface area contributed by atoms with Crippen LogP contribution in [0.4, 0.5) is 0 Å². The largest absolute Gasteiger partial charge is 0.351 e. The van der Waals surface area contributed by atoms with Crippen molar-refractivity contribution in [3.05, 3.63) is 81.7 Å². The molecule has 30 heavy (non-hydrogen) atoms. The second kappa shape index (κ2) is 8.10. The molecule has 0 bridgehead atoms. The third kappa shape index (κ3) is 3.36. The molecule has 10 nitrogen and oxygen atoms in total. The Balaban J connectivity index is 1.78. The Labute approximate surface area is 172 Å². The molecular weight excluding hydrogens is 384 g/mol. The molecule has 10 heteroatoms. The van der Waals surface area contributed by atoms with Gasteiger partial charge >= 0.3 is 5.69 Å². The van der Waals surface area contributed by atoms with Gasteiger partial charge in [-0.2, -0.15) is 10.1 Å². The fourth-order valence-electron chi connectivity index (χ4n) is 4.34. The van der Waals surface area contributed by atoms with Crippen molar-refractivity contribution in [3.8, 4) is 5.82 Å². The molecule has 2 aromatic heterocycles. The number of azide groups is 1. The summed E-state index contributed by atoms with van der Waals surface area (Å²) in [5, 5.41) is 8.12. The first-order chi connectivity index (χ1) is 14.6. The van der Waals surface area contributed by atoms with Gasteiger partial charge in [-0.3, -0.25) is 4.57 Å². The summed E-state index contributed by atoms with van der Waals surface area (Å²) in [6.07, 6.45) is 5.15. The third-order valence-corrected chi connectivity index (χ3v) is 5.51. The fourth-order valence-corrected chi connectivity index (χ4v) is 4.34. The maximum absolute atomic E-state index is 12.8. The number of rotatable bonds is 6. The molecule has 1 aliphatic rings. The van der Waals surface area contributed by atoms with Gasteiger partial charge in [0.1, 0.15) is 18.9 Å². The van der Waals surface area contributed by atoms with Crippen LogP contribution in [-0.2, 0) is 4.74 Å². The Morgan fingerprint density at radius 2 is 2.10 bits per heavy atom. The molecule has 0 spiro atoms. The summed E-state index contributed by atoms with van der Waals surface area (Å²) in [5.41, 5.74) is 8.76. The van der Waals surface area contributed by atoms with Gasteiger partial charge in [-0.15, -0.1) is 0 Å². The van der Waals surface area contributed by atoms with Gasteiger partial charge in [0.15, 0.2) is 11.5 Å². The van der Waals surface area contributed by atoms with Gasteiger partial charge in [0.2, 0.25) is 0 Å². The summed E-state index contributed by atoms with van der Waals surface area (Å²) in [4.78, 5) is 23.9. The molecule has 154 valence electrons. The third-order valence-electron chi connectivity index (χ3n) is 5.51. The van der Waals surface area contributed by atoms with E-state index in [1.54, 1.807) is 12.3 Å². The van der Waals surface area contributed by atoms with Gasteiger partial charge in [-0.25, -0.2) is 14.5 Å². The minimum atomic E-state index is -1.08. The second-order valence-electron chi connectivity index (χ2n) is 7.36. The molecule has 4 atom stereocenters. The average Bonchev–Trinajstić information content (AvgIpc) is 3.37. The lowest BCUT2D eigenvalue weighted by atomic mass is 9.79. The molecular formula is C20H22N8O2. The van der Waals surface area contributed by atoms with Crippen molar-refractivity contribution in [1.82, 2.24) is 24.3 Å². The SMILES string of the molecule is CCC[C@@]1(N=[N+]=[N-])O[C@@H](n2ccc(-n3cncn3)nc2=O)[C@@H](C)[C@@H]1c1ccccc1. The smallest absolute Gasteiger partial charge is 0.344 e. The van der Waals surface area contributed by atoms with Crippen molar-refractivity contribution in [2.75, 3.05) is 0 Å². The zero-order chi connectivity index (χ0) is 21.1. The first-order valence-electron chi connectivity index (χ1n) is 9.83. The van der Waals surface area contributed by atoms with E-state index >= 15 is 0 Å². The summed E-state index contributed by atoms with van der Waals surface area (Å²) in [7, 11) is 0. The van der Waals surface area contributed by atoms with Crippen molar-refractivity contribution >= 4 is 0 Å². The maximum atomic E-state index is 12.8. The maximum Gasteiger partial charge on any atom is 0.351 e. The van der Waals surface area contributed by atoms with E-state index in [0.717, 1.165) is 12.0 Å². The van der Waals surface area contributed by atoms with Crippen molar-refractivity contribution in [1.29, 1.82) is 0 Å². The van der Waals surface area contributed by atoms with E-state index < -0.39 is 17.6 Å². The Kier molecular flexibility index (Phi) is 5.35. The molecule has 1 fully saturated rings. The van der Waals surface area contributed by atoms with Crippen LogP contribution in [0.15, 0.2) is 65.2 Å². The van der Waals surface area contributed by atoms with Crippen LogP contribution in [0.3, 0.4) is 0 Å². The minimum absolute atomic E-state index is 0.138. The number of aromatic nitrogens is 5. The minimum Gasteiger partial charge on any atom is -0.344 e. The highest BCUT2D eigenvalue weighted by Crippen LogP contribution is 2.53. The fraction of sp³-hybridized carbons (Fsp3) is 0.400. The lowest BCUT2D eigenvalue weighted by molar-refractivity contribution is -0.0838. The molecule has 0 saturated carbocycles. The van der Waals surface area contributed by atoms with Gasteiger partial charge in [-0.05, 0) is 23.6 Å². The number of benzene rings is 1. The molecule has 1 aliphatic heterocycles. The summed E-state index contributed by atoms with van der Waals surface area (Å²) in [6.45, 7) is 4.02. The quantitative estimate of drug-likeness (QED) is 0.351. The van der Waals surface area contributed by atoms with Crippen LogP contribution in [0.1, 0.15) is 44.4 Å². The monoisotopic (exact) mass is 406 g/mol. The van der Waals surface area contributed by atoms with Crippen molar-refractivity contribution in [3.63, 3.8) is 0 Å². The standard InChI is InChI=1S/C20H22N8O2/c1-3-10-20(25-26-21)17(15-7-5-4-6-8-15)14(2)18(30-20)27-11-9-16(24-19(27)29)28-13-22-12-23-28/h4-9,11-14,17-18H,3,10H2,1-2H3/t14-,17+,18+,20+/m0/s1. The van der Waals surface area contributed by atoms with Crippen LogP contribution >= 0.6 is 0 Å². The van der Waals surface area contributed by atoms with Crippen molar-refractivity contribution in [2.45, 2.75) is 44.6 Å². The van der Waals surface area contributed by atoms with Gasteiger partial charge in [0.25, 0.3) is 0 Å². The van der Waals surface area contributed by atoms with Crippen LogP contribution in [-0.4, -0.2) is 30.0 Å². The van der Waals surface area contributed by atoms with Crippen LogP contribution in [0, 0.1) is 5.92 Å². The Morgan fingerprint density at radius 1 is 1.30 bits per heavy atom. The molecule has 0 aliphatic carbocycles. The molecule has 0 unspecified atom stereocenters. The molecule has 0 amide bonds. The zero-order valence-corrected chi connectivity index (χ0v) is 16.7. The predicted octanol–water partition coefficient (Wildman–Crippen LogP) is 3.58. The highest BCUT2D eigenvalue weighted by molar-refractivity contribution is 5.26. The highest BCUT2D eigenvalue weighted by atomic mass is 16.5. The Hall–Kier alpha value is -3.49. The van der Waals surface area contributed by atoms with Crippen LogP contribution < -0.4 is 5.69 Å². The molecule has 0 radical (unpaired) electrons. The summed E-state index contributed by atoms with van der Waals surface area (Å²) in [5.74, 6) is 0.0245. The zero-order valence-electron chi connectivity index (χ0n) is 16.7. The molecule has 3 heterocycles. The number of hydrogen-bond acceptors (Lipinski definition) is 6. The second-order valence-corrected chi connectivity index (χ2v) is 7.36. The number of ether oxygens (including phenoxy) is 1. The Bertz CT molecular complexity index is 1110. The van der Waals surface area contributed by atoms with E-state index in [2.05, 4.69) is 25.1 Å². The molecule has 0 N–H and O–H groups in total. The van der Waals surface area contributed by atoms with Gasteiger partial charge in [0, 0.05) is 22.9 Å². The lowest BCUT2D eigenvalue weighted by Crippen LogP contribution is -2.33. The number of nitrogens with zero attached hydrogens (tertiary/aromatic N) is 8. The molecule has 1 aromatic carbocycles. The molecule has 1 saturated heterocycles. The Morgan fingerprint density at radius 3 is 2.73 bits per heavy atom. The first kappa shape index (κ1) is 19.8. The molecule has 4 rings (SSSR count). The number of hydrogen-bond donors (Lipinski definition) is 0. The van der Waals surface area contributed by atoms with Crippen LogP contribution in [0.2, 0.25) is 0 Å². The van der Waals surface area contributed by atoms with E-state index in [9.17, 15) is 10.3 Å². The normalized spacial score (nSPS) is 25.7. The van der Waals surface area contributed by atoms with E-state index in [1.165, 1.54) is 21.9 Å². The van der Waals surface area contributed by atoms with Gasteiger partial charge in [0.05, 0.1) is 0 Å². The first-order valence-corrected chi connectivity index (χ1v) is 9.83. The topological polar surface area (TPSA) is 124 Å². The summed E-state index contributed by atoms with van der Waals surface area (Å²) >= 11 is 0. The van der Waals surface area contributed by atoms with E-state index in [-0.39, 0.29) is 11.8 Å². The lowest BCUT2D eigenvalue weighted by Gasteiger charge is -2.30. The highest BCUT2D eigenvalue weighted by Gasteiger charge is 2.53. The van der Waals surface area contributed by atoms with Crippen molar-refractivity contribution < 1.29 is 4.74 Å². The van der Waals surface area contributed by atoms with Crippen LogP contribution in [0.5, 0.6) is 0 Å². The van der Waals surface area contributed by atoms with Crippen LogP contribution in [0.25, 0.3) is 16.3 Å². The summed E-state index contributed by atoms with van der Waals surface area (Å²) < 4.78 is 9.24. The summed E-state index contributed by atoms with van der Waals surface area (Å²) in [6, 6.07) is 11.5. The van der Waals surface area contributed by atoms with E-state index in [1.807, 2.05) is 44.2 Å². The van der Waals surface area contributed by atoms with E-state index in [4.69, 9.17) is 4.74 Å².